The van der Waals surface area contributed by atoms with Crippen molar-refractivity contribution < 1.29 is 9.59 Å². The fraction of sp³-hybridized carbons (Fsp3) is 0.667. The Balaban J connectivity index is 2.67. The van der Waals surface area contributed by atoms with Crippen molar-refractivity contribution in [3.8, 4) is 0 Å². The second-order valence-electron chi connectivity index (χ2n) is 4.23. The molecule has 96 valence electrons. The molecule has 1 N–H and O–H groups in total. The van der Waals surface area contributed by atoms with Gasteiger partial charge in [-0.05, 0) is 12.8 Å². The number of imide groups is 1. The van der Waals surface area contributed by atoms with Gasteiger partial charge in [0.15, 0.2) is 0 Å². The van der Waals surface area contributed by atoms with Crippen molar-refractivity contribution in [2.45, 2.75) is 45.2 Å². The van der Waals surface area contributed by atoms with Crippen molar-refractivity contribution in [2.24, 2.45) is 0 Å². The highest BCUT2D eigenvalue weighted by atomic mass is 35.5. The molecule has 1 rings (SSSR count). The Hall–Kier alpha value is -0.870. The summed E-state index contributed by atoms with van der Waals surface area (Å²) in [5, 5.41) is 3.39. The van der Waals surface area contributed by atoms with E-state index in [0.717, 1.165) is 12.8 Å². The van der Waals surface area contributed by atoms with Gasteiger partial charge in [0.2, 0.25) is 11.8 Å². The molecule has 1 unspecified atom stereocenters. The minimum Gasteiger partial charge on any atom is -0.300 e. The number of hydrogen-bond acceptors (Lipinski definition) is 3. The normalized spacial score (nSPS) is 20.5. The maximum atomic E-state index is 12.1. The Morgan fingerprint density at radius 1 is 1.53 bits per heavy atom. The zero-order valence-corrected chi connectivity index (χ0v) is 11.1. The van der Waals surface area contributed by atoms with Crippen molar-refractivity contribution in [1.29, 1.82) is 0 Å². The fourth-order valence-corrected chi connectivity index (χ4v) is 2.16. The van der Waals surface area contributed by atoms with Crippen LogP contribution in [0, 0.1) is 0 Å². The first-order valence-electron chi connectivity index (χ1n) is 5.93. The lowest BCUT2D eigenvalue weighted by atomic mass is 10.1. The molecule has 0 saturated carbocycles. The van der Waals surface area contributed by atoms with Crippen LogP contribution in [0.25, 0.3) is 0 Å². The predicted octanol–water partition coefficient (Wildman–Crippen LogP) is 1.64. The molecule has 0 aliphatic carbocycles. The lowest BCUT2D eigenvalue weighted by molar-refractivity contribution is -0.141. The van der Waals surface area contributed by atoms with E-state index in [1.165, 1.54) is 4.90 Å². The van der Waals surface area contributed by atoms with Gasteiger partial charge >= 0.3 is 0 Å². The zero-order valence-electron chi connectivity index (χ0n) is 10.3. The van der Waals surface area contributed by atoms with Crippen LogP contribution >= 0.6 is 11.6 Å². The molecule has 17 heavy (non-hydrogen) atoms. The first-order chi connectivity index (χ1) is 8.01. The number of rotatable bonds is 6. The van der Waals surface area contributed by atoms with Gasteiger partial charge < -0.3 is 5.32 Å². The van der Waals surface area contributed by atoms with Crippen LogP contribution in [0.3, 0.4) is 0 Å². The van der Waals surface area contributed by atoms with Crippen LogP contribution in [-0.4, -0.2) is 35.3 Å². The summed E-state index contributed by atoms with van der Waals surface area (Å²) in [6, 6.07) is -0.431. The second-order valence-corrected chi connectivity index (χ2v) is 4.76. The summed E-state index contributed by atoms with van der Waals surface area (Å²) in [6.07, 6.45) is 1.81. The molecule has 1 saturated heterocycles. The molecule has 0 radical (unpaired) electrons. The van der Waals surface area contributed by atoms with E-state index in [0.29, 0.717) is 11.6 Å². The number of amides is 2. The van der Waals surface area contributed by atoms with Gasteiger partial charge in [-0.2, -0.15) is 0 Å². The van der Waals surface area contributed by atoms with E-state index in [2.05, 4.69) is 11.9 Å². The third-order valence-electron chi connectivity index (χ3n) is 3.03. The molecule has 1 atom stereocenters. The average molecular weight is 259 g/mol. The van der Waals surface area contributed by atoms with Crippen molar-refractivity contribution in [1.82, 2.24) is 10.2 Å². The summed E-state index contributed by atoms with van der Waals surface area (Å²) in [4.78, 5) is 25.3. The summed E-state index contributed by atoms with van der Waals surface area (Å²) in [5.74, 6) is -0.233. The summed E-state index contributed by atoms with van der Waals surface area (Å²) < 4.78 is 0. The minimum atomic E-state index is -0.446. The summed E-state index contributed by atoms with van der Waals surface area (Å²) in [7, 11) is 0. The molecule has 1 fully saturated rings. The Morgan fingerprint density at radius 3 is 2.59 bits per heavy atom. The third-order valence-corrected chi connectivity index (χ3v) is 3.16. The third kappa shape index (κ3) is 3.30. The van der Waals surface area contributed by atoms with Gasteiger partial charge in [-0.15, -0.1) is 0 Å². The minimum absolute atomic E-state index is 0.0148. The highest BCUT2D eigenvalue weighted by molar-refractivity contribution is 6.29. The molecular formula is C12H19ClN2O2. The van der Waals surface area contributed by atoms with Gasteiger partial charge in [0.05, 0.1) is 12.5 Å². The summed E-state index contributed by atoms with van der Waals surface area (Å²) >= 11 is 5.63. The molecule has 0 aromatic rings. The Morgan fingerprint density at radius 2 is 2.12 bits per heavy atom. The second kappa shape index (κ2) is 6.17. The van der Waals surface area contributed by atoms with Crippen LogP contribution in [0.1, 0.15) is 33.1 Å². The van der Waals surface area contributed by atoms with Crippen LogP contribution < -0.4 is 5.32 Å². The van der Waals surface area contributed by atoms with Gasteiger partial charge in [-0.1, -0.05) is 32.0 Å². The number of halogens is 1. The first-order valence-corrected chi connectivity index (χ1v) is 6.31. The van der Waals surface area contributed by atoms with E-state index in [4.69, 9.17) is 11.6 Å². The van der Waals surface area contributed by atoms with E-state index in [1.54, 1.807) is 0 Å². The Kier molecular flexibility index (Phi) is 5.15. The summed E-state index contributed by atoms with van der Waals surface area (Å²) in [6.45, 7) is 7.85. The smallest absolute Gasteiger partial charge is 0.247 e. The van der Waals surface area contributed by atoms with Gasteiger partial charge in [-0.3, -0.25) is 14.5 Å². The van der Waals surface area contributed by atoms with Gasteiger partial charge in [0, 0.05) is 17.6 Å². The van der Waals surface area contributed by atoms with Crippen molar-refractivity contribution in [2.75, 3.05) is 6.54 Å². The van der Waals surface area contributed by atoms with Crippen LogP contribution in [0.4, 0.5) is 0 Å². The molecule has 4 nitrogen and oxygen atoms in total. The predicted molar refractivity (Wildman–Crippen MR) is 67.6 cm³/mol. The van der Waals surface area contributed by atoms with E-state index >= 15 is 0 Å². The van der Waals surface area contributed by atoms with Gasteiger partial charge in [0.1, 0.15) is 0 Å². The number of nitrogens with zero attached hydrogens (tertiary/aromatic N) is 1. The molecule has 0 aromatic heterocycles. The SMILES string of the molecule is C=C(Cl)CNC1CC(=O)N(C(CC)CC)C1=O. The molecule has 0 bridgehead atoms. The van der Waals surface area contributed by atoms with Crippen LogP contribution in [0.15, 0.2) is 11.6 Å². The molecule has 0 aromatic carbocycles. The molecule has 1 aliphatic rings. The van der Waals surface area contributed by atoms with Crippen LogP contribution in [0.5, 0.6) is 0 Å². The van der Waals surface area contributed by atoms with Gasteiger partial charge in [-0.25, -0.2) is 0 Å². The number of nitrogens with one attached hydrogen (secondary N) is 1. The topological polar surface area (TPSA) is 49.4 Å². The highest BCUT2D eigenvalue weighted by Crippen LogP contribution is 2.20. The summed E-state index contributed by atoms with van der Waals surface area (Å²) in [5.41, 5.74) is 0. The molecule has 2 amide bonds. The van der Waals surface area contributed by atoms with Crippen molar-refractivity contribution in [3.63, 3.8) is 0 Å². The monoisotopic (exact) mass is 258 g/mol. The van der Waals surface area contributed by atoms with Crippen molar-refractivity contribution in [3.05, 3.63) is 11.6 Å². The van der Waals surface area contributed by atoms with E-state index in [9.17, 15) is 9.59 Å². The zero-order chi connectivity index (χ0) is 13.0. The molecule has 1 aliphatic heterocycles. The highest BCUT2D eigenvalue weighted by Gasteiger charge is 2.40. The van der Waals surface area contributed by atoms with Crippen LogP contribution in [0.2, 0.25) is 0 Å². The van der Waals surface area contributed by atoms with Crippen molar-refractivity contribution >= 4 is 23.4 Å². The number of hydrogen-bond donors (Lipinski definition) is 1. The average Bonchev–Trinajstić information content (AvgIpc) is 2.55. The van der Waals surface area contributed by atoms with E-state index < -0.39 is 6.04 Å². The standard InChI is InChI=1S/C12H19ClN2O2/c1-4-9(5-2)15-11(16)6-10(12(15)17)14-7-8(3)13/h9-10,14H,3-7H2,1-2H3. The first kappa shape index (κ1) is 14.2. The molecule has 0 spiro atoms. The Labute approximate surface area is 107 Å². The van der Waals surface area contributed by atoms with E-state index in [1.807, 2.05) is 13.8 Å². The lowest BCUT2D eigenvalue weighted by Gasteiger charge is -2.24. The number of likely N-dealkylation sites (tertiary alicyclic amines) is 1. The maximum Gasteiger partial charge on any atom is 0.247 e. The number of carbonyl (C=O) groups excluding carboxylic acids is 2. The maximum absolute atomic E-state index is 12.1. The fourth-order valence-electron chi connectivity index (χ4n) is 2.08. The lowest BCUT2D eigenvalue weighted by Crippen LogP contribution is -2.43. The number of carbonyl (C=O) groups is 2. The van der Waals surface area contributed by atoms with Gasteiger partial charge in [0.25, 0.3) is 0 Å². The van der Waals surface area contributed by atoms with E-state index in [-0.39, 0.29) is 24.3 Å². The largest absolute Gasteiger partial charge is 0.300 e. The van der Waals surface area contributed by atoms with Crippen LogP contribution in [-0.2, 0) is 9.59 Å². The Bertz CT molecular complexity index is 326. The molecular weight excluding hydrogens is 240 g/mol. The molecule has 5 heteroatoms. The molecule has 1 heterocycles. The quantitative estimate of drug-likeness (QED) is 0.737.